The van der Waals surface area contributed by atoms with E-state index in [9.17, 15) is 13.2 Å². The van der Waals surface area contributed by atoms with Gasteiger partial charge in [-0.25, -0.2) is 13.2 Å². The minimum Gasteiger partial charge on any atom is -0.271 e. The maximum atomic E-state index is 13.7. The van der Waals surface area contributed by atoms with Crippen LogP contribution in [-0.2, 0) is 0 Å². The normalized spacial score (nSPS) is 12.4. The summed E-state index contributed by atoms with van der Waals surface area (Å²) in [5.41, 5.74) is 2.64. The smallest absolute Gasteiger partial charge is 0.163 e. The Labute approximate surface area is 119 Å². The highest BCUT2D eigenvalue weighted by Gasteiger charge is 2.17. The van der Waals surface area contributed by atoms with Crippen LogP contribution in [0.1, 0.15) is 11.6 Å². The van der Waals surface area contributed by atoms with Gasteiger partial charge < -0.3 is 0 Å². The van der Waals surface area contributed by atoms with E-state index in [1.807, 2.05) is 0 Å². The fraction of sp³-hybridized carbons (Fsp3) is 0.143. The Morgan fingerprint density at radius 3 is 2.40 bits per heavy atom. The molecular weight excluding hydrogens is 285 g/mol. The summed E-state index contributed by atoms with van der Waals surface area (Å²) in [7, 11) is 0. The fourth-order valence-electron chi connectivity index (χ4n) is 1.73. The molecule has 6 heteroatoms. The van der Waals surface area contributed by atoms with Crippen LogP contribution < -0.4 is 11.3 Å². The van der Waals surface area contributed by atoms with Crippen LogP contribution in [0.3, 0.4) is 0 Å². The molecule has 2 aromatic carbocycles. The molecule has 0 heterocycles. The summed E-state index contributed by atoms with van der Waals surface area (Å²) in [5.74, 6) is 3.66. The van der Waals surface area contributed by atoms with Crippen molar-refractivity contribution in [2.24, 2.45) is 5.84 Å². The van der Waals surface area contributed by atoms with E-state index in [0.717, 1.165) is 11.0 Å². The molecular formula is C14H13F3N2S. The van der Waals surface area contributed by atoms with Gasteiger partial charge in [-0.3, -0.25) is 11.3 Å². The number of benzene rings is 2. The van der Waals surface area contributed by atoms with Crippen molar-refractivity contribution >= 4 is 11.8 Å². The average molecular weight is 298 g/mol. The predicted molar refractivity (Wildman–Crippen MR) is 73.5 cm³/mol. The minimum atomic E-state index is -0.908. The second-order valence-corrected chi connectivity index (χ2v) is 5.22. The van der Waals surface area contributed by atoms with Crippen molar-refractivity contribution < 1.29 is 13.2 Å². The van der Waals surface area contributed by atoms with E-state index < -0.39 is 17.7 Å². The Kier molecular flexibility index (Phi) is 5.05. The van der Waals surface area contributed by atoms with Crippen molar-refractivity contribution in [3.05, 3.63) is 65.5 Å². The molecule has 0 bridgehead atoms. The number of nitrogens with two attached hydrogens (primary N) is 1. The zero-order valence-electron chi connectivity index (χ0n) is 10.4. The number of rotatable bonds is 5. The van der Waals surface area contributed by atoms with E-state index >= 15 is 0 Å². The molecule has 3 N–H and O–H groups in total. The van der Waals surface area contributed by atoms with Crippen LogP contribution in [0.4, 0.5) is 13.2 Å². The molecule has 0 spiro atoms. The van der Waals surface area contributed by atoms with Crippen molar-refractivity contribution in [1.29, 1.82) is 0 Å². The van der Waals surface area contributed by atoms with Crippen LogP contribution in [0.15, 0.2) is 47.4 Å². The molecule has 2 nitrogen and oxygen atoms in total. The van der Waals surface area contributed by atoms with Gasteiger partial charge in [0.25, 0.3) is 0 Å². The lowest BCUT2D eigenvalue weighted by Crippen LogP contribution is -2.30. The molecule has 0 aliphatic carbocycles. The molecule has 2 rings (SSSR count). The van der Waals surface area contributed by atoms with Crippen LogP contribution in [-0.4, -0.2) is 5.75 Å². The third kappa shape index (κ3) is 3.53. The summed E-state index contributed by atoms with van der Waals surface area (Å²) in [6.07, 6.45) is 0. The lowest BCUT2D eigenvalue weighted by Gasteiger charge is -2.16. The maximum Gasteiger partial charge on any atom is 0.163 e. The second-order valence-electron chi connectivity index (χ2n) is 4.13. The third-order valence-corrected chi connectivity index (χ3v) is 3.89. The Morgan fingerprint density at radius 2 is 1.75 bits per heavy atom. The number of hydrogen-bond acceptors (Lipinski definition) is 3. The van der Waals surface area contributed by atoms with Gasteiger partial charge >= 0.3 is 0 Å². The van der Waals surface area contributed by atoms with Crippen LogP contribution in [0.2, 0.25) is 0 Å². The SMILES string of the molecule is NNC(CSc1ccc(F)cc1)c1cccc(F)c1F. The number of nitrogens with one attached hydrogen (secondary N) is 1. The molecule has 0 radical (unpaired) electrons. The van der Waals surface area contributed by atoms with Gasteiger partial charge in [-0.15, -0.1) is 11.8 Å². The standard InChI is InChI=1S/C14H13F3N2S/c15-9-4-6-10(7-5-9)20-8-13(19-18)11-2-1-3-12(16)14(11)17/h1-7,13,19H,8,18H2. The first kappa shape index (κ1) is 14.9. The van der Waals surface area contributed by atoms with Crippen molar-refractivity contribution in [3.8, 4) is 0 Å². The van der Waals surface area contributed by atoms with Crippen LogP contribution in [0.25, 0.3) is 0 Å². The average Bonchev–Trinajstić information content (AvgIpc) is 2.45. The minimum absolute atomic E-state index is 0.169. The fourth-order valence-corrected chi connectivity index (χ4v) is 2.69. The molecule has 1 unspecified atom stereocenters. The van der Waals surface area contributed by atoms with E-state index in [4.69, 9.17) is 5.84 Å². The molecule has 1 atom stereocenters. The van der Waals surface area contributed by atoms with E-state index in [1.165, 1.54) is 36.0 Å². The van der Waals surface area contributed by atoms with Gasteiger partial charge in [0.1, 0.15) is 5.82 Å². The van der Waals surface area contributed by atoms with Crippen LogP contribution in [0.5, 0.6) is 0 Å². The highest BCUT2D eigenvalue weighted by Crippen LogP contribution is 2.26. The van der Waals surface area contributed by atoms with Crippen molar-refractivity contribution in [3.63, 3.8) is 0 Å². The van der Waals surface area contributed by atoms with Crippen LogP contribution in [0, 0.1) is 17.5 Å². The Hall–Kier alpha value is -1.50. The molecule has 0 aliphatic heterocycles. The zero-order valence-corrected chi connectivity index (χ0v) is 11.3. The zero-order chi connectivity index (χ0) is 14.5. The molecule has 2 aromatic rings. The van der Waals surface area contributed by atoms with Gasteiger partial charge in [0.15, 0.2) is 11.6 Å². The Balaban J connectivity index is 2.09. The van der Waals surface area contributed by atoms with E-state index in [-0.39, 0.29) is 11.4 Å². The quantitative estimate of drug-likeness (QED) is 0.505. The van der Waals surface area contributed by atoms with Gasteiger partial charge in [-0.1, -0.05) is 12.1 Å². The van der Waals surface area contributed by atoms with Gasteiger partial charge in [0.05, 0.1) is 6.04 Å². The van der Waals surface area contributed by atoms with E-state index in [2.05, 4.69) is 5.43 Å². The highest BCUT2D eigenvalue weighted by molar-refractivity contribution is 7.99. The third-order valence-electron chi connectivity index (χ3n) is 2.79. The molecule has 0 aromatic heterocycles. The molecule has 20 heavy (non-hydrogen) atoms. The summed E-state index contributed by atoms with van der Waals surface area (Å²) < 4.78 is 39.7. The van der Waals surface area contributed by atoms with Crippen molar-refractivity contribution in [2.75, 3.05) is 5.75 Å². The van der Waals surface area contributed by atoms with Crippen LogP contribution >= 0.6 is 11.8 Å². The molecule has 0 saturated carbocycles. The largest absolute Gasteiger partial charge is 0.271 e. The summed E-state index contributed by atoms with van der Waals surface area (Å²) in [5, 5.41) is 0. The van der Waals surface area contributed by atoms with E-state index in [0.29, 0.717) is 5.75 Å². The first-order valence-corrected chi connectivity index (χ1v) is 6.89. The number of thioether (sulfide) groups is 1. The Morgan fingerprint density at radius 1 is 1.05 bits per heavy atom. The van der Waals surface area contributed by atoms with Gasteiger partial charge in [-0.05, 0) is 30.3 Å². The predicted octanol–water partition coefficient (Wildman–Crippen LogP) is 3.40. The summed E-state index contributed by atoms with van der Waals surface area (Å²) >= 11 is 1.37. The monoisotopic (exact) mass is 298 g/mol. The number of halogens is 3. The second kappa shape index (κ2) is 6.78. The van der Waals surface area contributed by atoms with Crippen molar-refractivity contribution in [2.45, 2.75) is 10.9 Å². The molecule has 0 saturated heterocycles. The lowest BCUT2D eigenvalue weighted by atomic mass is 10.1. The summed E-state index contributed by atoms with van der Waals surface area (Å²) in [6, 6.07) is 9.35. The van der Waals surface area contributed by atoms with Gasteiger partial charge in [0.2, 0.25) is 0 Å². The van der Waals surface area contributed by atoms with E-state index in [1.54, 1.807) is 12.1 Å². The first-order valence-electron chi connectivity index (χ1n) is 5.90. The van der Waals surface area contributed by atoms with Gasteiger partial charge in [0, 0.05) is 16.2 Å². The summed E-state index contributed by atoms with van der Waals surface area (Å²) in [6.45, 7) is 0. The molecule has 106 valence electrons. The topological polar surface area (TPSA) is 38.0 Å². The lowest BCUT2D eigenvalue weighted by molar-refractivity contribution is 0.478. The molecule has 0 aliphatic rings. The molecule has 0 fully saturated rings. The number of hydrazine groups is 1. The Bertz CT molecular complexity index is 575. The van der Waals surface area contributed by atoms with Crippen molar-refractivity contribution in [1.82, 2.24) is 5.43 Å². The summed E-state index contributed by atoms with van der Waals surface area (Å²) in [4.78, 5) is 0.823. The molecule has 0 amide bonds. The number of hydrogen-bond donors (Lipinski definition) is 2. The highest BCUT2D eigenvalue weighted by atomic mass is 32.2. The maximum absolute atomic E-state index is 13.7. The first-order chi connectivity index (χ1) is 9.61. The van der Waals surface area contributed by atoms with Gasteiger partial charge in [-0.2, -0.15) is 0 Å².